The van der Waals surface area contributed by atoms with Crippen molar-refractivity contribution in [3.8, 4) is 0 Å². The molecule has 0 spiro atoms. The van der Waals surface area contributed by atoms with Crippen LogP contribution in [0.25, 0.3) is 0 Å². The van der Waals surface area contributed by atoms with E-state index < -0.39 is 5.97 Å². The van der Waals surface area contributed by atoms with Gasteiger partial charge in [0.05, 0.1) is 18.8 Å². The molecule has 1 N–H and O–H groups in total. The number of hydrogen-bond donors (Lipinski definition) is 1. The maximum absolute atomic E-state index is 10.7. The average molecular weight is 318 g/mol. The quantitative estimate of drug-likeness (QED) is 0.441. The predicted molar refractivity (Wildman–Crippen MR) is 91.3 cm³/mol. The maximum atomic E-state index is 10.7. The van der Waals surface area contributed by atoms with Crippen LogP contribution in [0.1, 0.15) is 31.2 Å². The topological polar surface area (TPSA) is 55.8 Å². The zero-order valence-corrected chi connectivity index (χ0v) is 13.5. The highest BCUT2D eigenvalue weighted by Crippen LogP contribution is 2.14. The van der Waals surface area contributed by atoms with Crippen molar-refractivity contribution in [1.82, 2.24) is 0 Å². The summed E-state index contributed by atoms with van der Waals surface area (Å²) in [5.74, 6) is -0.816. The Morgan fingerprint density at radius 3 is 2.57 bits per heavy atom. The van der Waals surface area contributed by atoms with Crippen LogP contribution in [0.5, 0.6) is 0 Å². The molecule has 0 fully saturated rings. The van der Waals surface area contributed by atoms with Crippen molar-refractivity contribution in [2.24, 2.45) is 0 Å². The summed E-state index contributed by atoms with van der Waals surface area (Å²) in [5.41, 5.74) is 1.13. The Balaban J connectivity index is 2.31. The van der Waals surface area contributed by atoms with Gasteiger partial charge in [0.1, 0.15) is 0 Å². The third-order valence-electron chi connectivity index (χ3n) is 3.40. The number of hydrogen-bond acceptors (Lipinski definition) is 3. The standard InChI is InChI=1S/C19H26O4/c1-3-8-18(11-12-19(20)21)23-17(4-2)13-14-22-15-16-9-6-5-7-10-16/h3-7,9-10,17-18H,1-2,8,11-15H2,(H,20,21)/t17-,18?/m0/s1. The van der Waals surface area contributed by atoms with Crippen LogP contribution in [0.4, 0.5) is 0 Å². The van der Waals surface area contributed by atoms with Crippen LogP contribution in [0.15, 0.2) is 55.6 Å². The summed E-state index contributed by atoms with van der Waals surface area (Å²) in [6, 6.07) is 9.98. The number of rotatable bonds is 13. The summed E-state index contributed by atoms with van der Waals surface area (Å²) >= 11 is 0. The van der Waals surface area contributed by atoms with E-state index in [2.05, 4.69) is 13.2 Å². The van der Waals surface area contributed by atoms with Gasteiger partial charge in [-0.25, -0.2) is 0 Å². The number of carboxylic acids is 1. The van der Waals surface area contributed by atoms with Gasteiger partial charge in [-0.3, -0.25) is 4.79 Å². The lowest BCUT2D eigenvalue weighted by molar-refractivity contribution is -0.138. The van der Waals surface area contributed by atoms with E-state index in [1.54, 1.807) is 12.2 Å². The first-order chi connectivity index (χ1) is 11.2. The van der Waals surface area contributed by atoms with E-state index in [1.807, 2.05) is 30.3 Å². The van der Waals surface area contributed by atoms with Gasteiger partial charge in [-0.15, -0.1) is 13.2 Å². The van der Waals surface area contributed by atoms with Gasteiger partial charge in [0.25, 0.3) is 0 Å². The number of ether oxygens (including phenoxy) is 2. The molecule has 0 radical (unpaired) electrons. The molecule has 0 aliphatic rings. The lowest BCUT2D eigenvalue weighted by atomic mass is 10.1. The minimum Gasteiger partial charge on any atom is -0.481 e. The Labute approximate surface area is 138 Å². The molecule has 4 heteroatoms. The van der Waals surface area contributed by atoms with E-state index in [0.29, 0.717) is 32.5 Å². The van der Waals surface area contributed by atoms with Crippen LogP contribution in [-0.2, 0) is 20.9 Å². The van der Waals surface area contributed by atoms with E-state index in [4.69, 9.17) is 14.6 Å². The number of aliphatic carboxylic acids is 1. The SMILES string of the molecule is C=CCC(CCC(=O)O)O[C@@H](C=C)CCOCc1ccccc1. The second kappa shape index (κ2) is 11.6. The number of carbonyl (C=O) groups is 1. The molecule has 1 unspecified atom stereocenters. The first-order valence-corrected chi connectivity index (χ1v) is 7.88. The first kappa shape index (κ1) is 19.1. The third kappa shape index (κ3) is 8.96. The molecule has 0 heterocycles. The third-order valence-corrected chi connectivity index (χ3v) is 3.40. The summed E-state index contributed by atoms with van der Waals surface area (Å²) in [6.07, 6.45) is 5.06. The summed E-state index contributed by atoms with van der Waals surface area (Å²) in [6.45, 7) is 8.61. The molecule has 1 aromatic carbocycles. The molecule has 0 amide bonds. The molecule has 0 bridgehead atoms. The molecule has 0 saturated carbocycles. The fourth-order valence-corrected chi connectivity index (χ4v) is 2.16. The van der Waals surface area contributed by atoms with Crippen LogP contribution in [0, 0.1) is 0 Å². The molecule has 23 heavy (non-hydrogen) atoms. The smallest absolute Gasteiger partial charge is 0.303 e. The van der Waals surface area contributed by atoms with E-state index in [1.165, 1.54) is 0 Å². The lowest BCUT2D eigenvalue weighted by Crippen LogP contribution is -2.22. The lowest BCUT2D eigenvalue weighted by Gasteiger charge is -2.21. The highest BCUT2D eigenvalue weighted by atomic mass is 16.5. The second-order valence-electron chi connectivity index (χ2n) is 5.32. The van der Waals surface area contributed by atoms with Gasteiger partial charge in [0.2, 0.25) is 0 Å². The molecule has 0 saturated heterocycles. The molecule has 4 nitrogen and oxygen atoms in total. The van der Waals surface area contributed by atoms with Crippen molar-refractivity contribution in [3.63, 3.8) is 0 Å². The van der Waals surface area contributed by atoms with E-state index in [0.717, 1.165) is 5.56 Å². The second-order valence-corrected chi connectivity index (χ2v) is 5.32. The Kier molecular flexibility index (Phi) is 9.68. The Morgan fingerprint density at radius 2 is 1.96 bits per heavy atom. The summed E-state index contributed by atoms with van der Waals surface area (Å²) < 4.78 is 11.6. The maximum Gasteiger partial charge on any atom is 0.303 e. The molecule has 0 aromatic heterocycles. The van der Waals surface area contributed by atoms with E-state index in [9.17, 15) is 4.79 Å². The van der Waals surface area contributed by atoms with Crippen molar-refractivity contribution in [1.29, 1.82) is 0 Å². The summed E-state index contributed by atoms with van der Waals surface area (Å²) in [4.78, 5) is 10.7. The van der Waals surface area contributed by atoms with Crippen molar-refractivity contribution in [2.75, 3.05) is 6.61 Å². The molecule has 126 valence electrons. The van der Waals surface area contributed by atoms with Crippen LogP contribution < -0.4 is 0 Å². The summed E-state index contributed by atoms with van der Waals surface area (Å²) in [7, 11) is 0. The molecule has 2 atom stereocenters. The minimum atomic E-state index is -0.816. The van der Waals surface area contributed by atoms with E-state index >= 15 is 0 Å². The number of benzene rings is 1. The van der Waals surface area contributed by atoms with Crippen LogP contribution in [0.3, 0.4) is 0 Å². The Hall–Kier alpha value is -1.91. The van der Waals surface area contributed by atoms with Gasteiger partial charge in [0, 0.05) is 19.4 Å². The normalized spacial score (nSPS) is 13.2. The molecule has 0 aliphatic carbocycles. The van der Waals surface area contributed by atoms with Gasteiger partial charge in [0.15, 0.2) is 0 Å². The molecular formula is C19H26O4. The van der Waals surface area contributed by atoms with Crippen molar-refractivity contribution >= 4 is 5.97 Å². The molecule has 0 aliphatic heterocycles. The van der Waals surface area contributed by atoms with Crippen molar-refractivity contribution in [2.45, 2.75) is 44.5 Å². The van der Waals surface area contributed by atoms with Crippen LogP contribution in [0.2, 0.25) is 0 Å². The van der Waals surface area contributed by atoms with Crippen molar-refractivity contribution < 1.29 is 19.4 Å². The van der Waals surface area contributed by atoms with E-state index in [-0.39, 0.29) is 18.6 Å². The highest BCUT2D eigenvalue weighted by molar-refractivity contribution is 5.66. The predicted octanol–water partition coefficient (Wildman–Crippen LogP) is 3.97. The van der Waals surface area contributed by atoms with Crippen molar-refractivity contribution in [3.05, 3.63) is 61.2 Å². The molecule has 1 rings (SSSR count). The van der Waals surface area contributed by atoms with Gasteiger partial charge < -0.3 is 14.6 Å². The van der Waals surface area contributed by atoms with Crippen LogP contribution >= 0.6 is 0 Å². The zero-order valence-electron chi connectivity index (χ0n) is 13.5. The average Bonchev–Trinajstić information content (AvgIpc) is 2.56. The fourth-order valence-electron chi connectivity index (χ4n) is 2.16. The molecule has 1 aromatic rings. The fraction of sp³-hybridized carbons (Fsp3) is 0.421. The van der Waals surface area contributed by atoms with Gasteiger partial charge in [-0.2, -0.15) is 0 Å². The van der Waals surface area contributed by atoms with Gasteiger partial charge in [-0.05, 0) is 18.4 Å². The largest absolute Gasteiger partial charge is 0.481 e. The first-order valence-electron chi connectivity index (χ1n) is 7.88. The van der Waals surface area contributed by atoms with Gasteiger partial charge in [-0.1, -0.05) is 42.5 Å². The Bertz CT molecular complexity index is 470. The monoisotopic (exact) mass is 318 g/mol. The molecular weight excluding hydrogens is 292 g/mol. The Morgan fingerprint density at radius 1 is 1.22 bits per heavy atom. The number of carboxylic acid groups (broad SMARTS) is 1. The van der Waals surface area contributed by atoms with Crippen LogP contribution in [-0.4, -0.2) is 29.9 Å². The zero-order chi connectivity index (χ0) is 16.9. The highest BCUT2D eigenvalue weighted by Gasteiger charge is 2.15. The summed E-state index contributed by atoms with van der Waals surface area (Å²) in [5, 5.41) is 8.78. The van der Waals surface area contributed by atoms with Gasteiger partial charge >= 0.3 is 5.97 Å². The minimum absolute atomic E-state index is 0.0902.